The van der Waals surface area contributed by atoms with Gasteiger partial charge in [-0.15, -0.1) is 5.10 Å². The first-order chi connectivity index (χ1) is 15.1. The van der Waals surface area contributed by atoms with Gasteiger partial charge in [-0.05, 0) is 38.1 Å². The average Bonchev–Trinajstić information content (AvgIpc) is 3.49. The Bertz CT molecular complexity index is 1430. The zero-order chi connectivity index (χ0) is 21.4. The van der Waals surface area contributed by atoms with Crippen molar-refractivity contribution in [2.45, 2.75) is 20.4 Å². The van der Waals surface area contributed by atoms with Crippen molar-refractivity contribution in [3.8, 4) is 28.6 Å². The summed E-state index contributed by atoms with van der Waals surface area (Å²) in [5.41, 5.74) is 1.52. The van der Waals surface area contributed by atoms with Crippen LogP contribution in [0.15, 0.2) is 56.4 Å². The van der Waals surface area contributed by atoms with Gasteiger partial charge >= 0.3 is 5.69 Å². The van der Waals surface area contributed by atoms with Gasteiger partial charge in [-0.3, -0.25) is 4.40 Å². The van der Waals surface area contributed by atoms with E-state index in [1.54, 1.807) is 25.3 Å². The van der Waals surface area contributed by atoms with E-state index in [1.807, 2.05) is 31.2 Å². The highest BCUT2D eigenvalue weighted by molar-refractivity contribution is 5.59. The molecule has 0 atom stereocenters. The summed E-state index contributed by atoms with van der Waals surface area (Å²) in [4.78, 5) is 21.3. The molecular formula is C20H17N7O4. The normalized spacial score (nSPS) is 11.3. The molecular weight excluding hydrogens is 402 g/mol. The van der Waals surface area contributed by atoms with Crippen LogP contribution in [-0.4, -0.2) is 41.1 Å². The number of hydrogen-bond donors (Lipinski definition) is 0. The van der Waals surface area contributed by atoms with Gasteiger partial charge < -0.3 is 13.8 Å². The minimum Gasteiger partial charge on any atom is -0.494 e. The van der Waals surface area contributed by atoms with Gasteiger partial charge in [0.25, 0.3) is 5.89 Å². The zero-order valence-corrected chi connectivity index (χ0v) is 16.7. The lowest BCUT2D eigenvalue weighted by atomic mass is 10.2. The molecule has 11 nitrogen and oxygen atoms in total. The molecule has 156 valence electrons. The van der Waals surface area contributed by atoms with Gasteiger partial charge in [0.05, 0.1) is 6.61 Å². The fraction of sp³-hybridized carbons (Fsp3) is 0.200. The largest absolute Gasteiger partial charge is 0.494 e. The number of ether oxygens (including phenoxy) is 1. The molecule has 0 N–H and O–H groups in total. The van der Waals surface area contributed by atoms with Gasteiger partial charge in [0, 0.05) is 17.3 Å². The van der Waals surface area contributed by atoms with Crippen molar-refractivity contribution in [3.05, 3.63) is 64.8 Å². The maximum absolute atomic E-state index is 12.7. The van der Waals surface area contributed by atoms with Gasteiger partial charge in [0.1, 0.15) is 12.3 Å². The number of rotatable bonds is 6. The number of hydrogen-bond acceptors (Lipinski definition) is 9. The lowest BCUT2D eigenvalue weighted by molar-refractivity contribution is 0.340. The highest BCUT2D eigenvalue weighted by Crippen LogP contribution is 2.22. The molecule has 5 rings (SSSR count). The van der Waals surface area contributed by atoms with Crippen molar-refractivity contribution in [2.24, 2.45) is 0 Å². The number of fused-ring (bicyclic) bond motifs is 1. The van der Waals surface area contributed by atoms with E-state index in [2.05, 4.69) is 25.4 Å². The van der Waals surface area contributed by atoms with E-state index in [0.717, 1.165) is 11.3 Å². The molecule has 0 unspecified atom stereocenters. The summed E-state index contributed by atoms with van der Waals surface area (Å²) in [5.74, 6) is 2.27. The van der Waals surface area contributed by atoms with Crippen molar-refractivity contribution < 1.29 is 13.8 Å². The van der Waals surface area contributed by atoms with E-state index >= 15 is 0 Å². The van der Waals surface area contributed by atoms with Crippen LogP contribution in [0.25, 0.3) is 28.5 Å². The predicted molar refractivity (Wildman–Crippen MR) is 107 cm³/mol. The first-order valence-electron chi connectivity index (χ1n) is 9.56. The van der Waals surface area contributed by atoms with Crippen molar-refractivity contribution >= 4 is 5.65 Å². The fourth-order valence-corrected chi connectivity index (χ4v) is 3.12. The Labute approximate surface area is 174 Å². The Morgan fingerprint density at radius 1 is 1.06 bits per heavy atom. The number of pyridine rings is 1. The van der Waals surface area contributed by atoms with Crippen LogP contribution >= 0.6 is 0 Å². The average molecular weight is 419 g/mol. The molecule has 0 saturated heterocycles. The van der Waals surface area contributed by atoms with Gasteiger partial charge in [-0.25, -0.2) is 9.48 Å². The molecule has 5 aromatic rings. The molecule has 0 amide bonds. The lowest BCUT2D eigenvalue weighted by Gasteiger charge is -2.02. The summed E-state index contributed by atoms with van der Waals surface area (Å²) < 4.78 is 18.7. The highest BCUT2D eigenvalue weighted by Gasteiger charge is 2.15. The molecule has 0 saturated carbocycles. The van der Waals surface area contributed by atoms with Gasteiger partial charge in [-0.1, -0.05) is 22.4 Å². The molecule has 0 spiro atoms. The smallest absolute Gasteiger partial charge is 0.350 e. The number of aryl methyl sites for hydroxylation is 1. The third-order valence-corrected chi connectivity index (χ3v) is 4.52. The molecule has 0 aliphatic heterocycles. The van der Waals surface area contributed by atoms with Crippen LogP contribution in [0.4, 0.5) is 0 Å². The lowest BCUT2D eigenvalue weighted by Crippen LogP contribution is -2.21. The maximum Gasteiger partial charge on any atom is 0.350 e. The van der Waals surface area contributed by atoms with Crippen LogP contribution in [0, 0.1) is 6.92 Å². The Kier molecular flexibility index (Phi) is 4.54. The van der Waals surface area contributed by atoms with Crippen LogP contribution < -0.4 is 10.4 Å². The minimum absolute atomic E-state index is 0.0354. The summed E-state index contributed by atoms with van der Waals surface area (Å²) in [6.45, 7) is 4.24. The summed E-state index contributed by atoms with van der Waals surface area (Å²) in [6.07, 6.45) is 1.61. The van der Waals surface area contributed by atoms with E-state index in [9.17, 15) is 4.79 Å². The monoisotopic (exact) mass is 419 g/mol. The molecule has 0 bridgehead atoms. The molecule has 4 aromatic heterocycles. The topological polar surface area (TPSA) is 126 Å². The van der Waals surface area contributed by atoms with Crippen molar-refractivity contribution in [2.75, 3.05) is 6.61 Å². The Balaban J connectivity index is 1.42. The summed E-state index contributed by atoms with van der Waals surface area (Å²) in [6, 6.07) is 10.8. The Hall–Kier alpha value is -4.28. The number of aromatic nitrogens is 7. The minimum atomic E-state index is -0.332. The second-order valence-corrected chi connectivity index (χ2v) is 6.70. The second-order valence-electron chi connectivity index (χ2n) is 6.70. The van der Waals surface area contributed by atoms with Gasteiger partial charge in [0.15, 0.2) is 11.5 Å². The molecule has 0 radical (unpaired) electrons. The van der Waals surface area contributed by atoms with E-state index < -0.39 is 0 Å². The van der Waals surface area contributed by atoms with Crippen LogP contribution in [0.2, 0.25) is 0 Å². The first kappa shape index (κ1) is 18.7. The number of nitrogens with zero attached hydrogens (tertiary/aromatic N) is 7. The van der Waals surface area contributed by atoms with Crippen LogP contribution in [-0.2, 0) is 6.54 Å². The number of benzene rings is 1. The SMILES string of the molecule is CCOc1cccc(-c2noc(Cn3nc4cc(-c5nc(C)no5)ccn4c3=O)n2)c1. The van der Waals surface area contributed by atoms with E-state index in [0.29, 0.717) is 35.4 Å². The van der Waals surface area contributed by atoms with Crippen LogP contribution in [0.1, 0.15) is 18.6 Å². The van der Waals surface area contributed by atoms with Crippen molar-refractivity contribution in [3.63, 3.8) is 0 Å². The second kappa shape index (κ2) is 7.52. The molecule has 0 aliphatic carbocycles. The van der Waals surface area contributed by atoms with Crippen LogP contribution in [0.5, 0.6) is 5.75 Å². The third-order valence-electron chi connectivity index (χ3n) is 4.52. The Morgan fingerprint density at radius 3 is 2.77 bits per heavy atom. The quantitative estimate of drug-likeness (QED) is 0.407. The van der Waals surface area contributed by atoms with Crippen molar-refractivity contribution in [1.82, 2.24) is 34.5 Å². The molecule has 0 fully saturated rings. The maximum atomic E-state index is 12.7. The fourth-order valence-electron chi connectivity index (χ4n) is 3.12. The van der Waals surface area contributed by atoms with Gasteiger partial charge in [-0.2, -0.15) is 9.97 Å². The predicted octanol–water partition coefficient (Wildman–Crippen LogP) is 2.35. The van der Waals surface area contributed by atoms with E-state index in [4.69, 9.17) is 13.8 Å². The third kappa shape index (κ3) is 3.56. The zero-order valence-electron chi connectivity index (χ0n) is 16.7. The molecule has 1 aromatic carbocycles. The standard InChI is InChI=1S/C20H17N7O4/c1-3-29-15-6-4-5-13(9-15)18-22-17(30-25-18)11-27-20(28)26-8-7-14(10-16(26)23-27)19-21-12(2)24-31-19/h4-10H,3,11H2,1-2H3. The van der Waals surface area contributed by atoms with Crippen LogP contribution in [0.3, 0.4) is 0 Å². The first-order valence-corrected chi connectivity index (χ1v) is 9.56. The molecule has 31 heavy (non-hydrogen) atoms. The molecule has 11 heteroatoms. The van der Waals surface area contributed by atoms with E-state index in [-0.39, 0.29) is 18.1 Å². The summed E-state index contributed by atoms with van der Waals surface area (Å²) in [5, 5.41) is 12.1. The van der Waals surface area contributed by atoms with E-state index in [1.165, 1.54) is 9.08 Å². The van der Waals surface area contributed by atoms with Gasteiger partial charge in [0.2, 0.25) is 11.7 Å². The molecule has 4 heterocycles. The molecule has 0 aliphatic rings. The highest BCUT2D eigenvalue weighted by atomic mass is 16.5. The Morgan fingerprint density at radius 2 is 1.97 bits per heavy atom. The summed E-state index contributed by atoms with van der Waals surface area (Å²) in [7, 11) is 0. The summed E-state index contributed by atoms with van der Waals surface area (Å²) >= 11 is 0. The van der Waals surface area contributed by atoms with Crippen molar-refractivity contribution in [1.29, 1.82) is 0 Å².